The van der Waals surface area contributed by atoms with E-state index in [1.54, 1.807) is 0 Å². The van der Waals surface area contributed by atoms with Gasteiger partial charge in [0, 0.05) is 38.2 Å². The first kappa shape index (κ1) is 17.9. The molecular weight excluding hydrogens is 294 g/mol. The maximum Gasteiger partial charge on any atom is 0.220 e. The van der Waals surface area contributed by atoms with E-state index in [1.807, 2.05) is 13.8 Å². The molecule has 23 heavy (non-hydrogen) atoms. The second kappa shape index (κ2) is 8.45. The lowest BCUT2D eigenvalue weighted by Gasteiger charge is -2.33. The van der Waals surface area contributed by atoms with Crippen molar-refractivity contribution >= 4 is 5.91 Å². The summed E-state index contributed by atoms with van der Waals surface area (Å²) in [7, 11) is 0. The van der Waals surface area contributed by atoms with Crippen LogP contribution in [0.2, 0.25) is 0 Å². The first-order valence-corrected chi connectivity index (χ1v) is 8.48. The highest BCUT2D eigenvalue weighted by molar-refractivity contribution is 5.76. The molecule has 1 unspecified atom stereocenters. The average molecular weight is 323 g/mol. The van der Waals surface area contributed by atoms with Crippen LogP contribution in [0.15, 0.2) is 4.52 Å². The van der Waals surface area contributed by atoms with E-state index < -0.39 is 0 Å². The molecule has 1 aromatic rings. The second-order valence-corrected chi connectivity index (χ2v) is 6.75. The summed E-state index contributed by atoms with van der Waals surface area (Å²) >= 11 is 0. The molecule has 2 heterocycles. The normalized spacial score (nSPS) is 19.3. The van der Waals surface area contributed by atoms with Crippen LogP contribution < -0.4 is 5.32 Å². The fraction of sp³-hybridized carbons (Fsp3) is 0.765. The molecule has 1 fully saturated rings. The largest absolute Gasteiger partial charge is 0.374 e. The van der Waals surface area contributed by atoms with E-state index >= 15 is 0 Å². The predicted octanol–water partition coefficient (Wildman–Crippen LogP) is 1.70. The predicted molar refractivity (Wildman–Crippen MR) is 88.3 cm³/mol. The molecule has 2 rings (SSSR count). The van der Waals surface area contributed by atoms with Gasteiger partial charge in [-0.2, -0.15) is 0 Å². The third-order valence-electron chi connectivity index (χ3n) is 4.16. The Kier molecular flexibility index (Phi) is 6.59. The summed E-state index contributed by atoms with van der Waals surface area (Å²) in [6, 6.07) is 0. The van der Waals surface area contributed by atoms with Crippen LogP contribution in [0.3, 0.4) is 0 Å². The number of hydrogen-bond acceptors (Lipinski definition) is 5. The highest BCUT2D eigenvalue weighted by Crippen LogP contribution is 2.14. The molecule has 1 atom stereocenters. The van der Waals surface area contributed by atoms with Crippen molar-refractivity contribution in [1.29, 1.82) is 0 Å². The van der Waals surface area contributed by atoms with Crippen LogP contribution in [-0.4, -0.2) is 54.9 Å². The summed E-state index contributed by atoms with van der Waals surface area (Å²) in [6.07, 6.45) is 1.20. The van der Waals surface area contributed by atoms with E-state index in [-0.39, 0.29) is 12.0 Å². The summed E-state index contributed by atoms with van der Waals surface area (Å²) < 4.78 is 10.9. The number of carbonyl (C=O) groups excluding carboxylic acids is 1. The van der Waals surface area contributed by atoms with E-state index in [4.69, 9.17) is 9.26 Å². The molecule has 1 aromatic heterocycles. The maximum absolute atomic E-state index is 12.0. The first-order chi connectivity index (χ1) is 11.0. The summed E-state index contributed by atoms with van der Waals surface area (Å²) in [5.74, 6) is 1.50. The van der Waals surface area contributed by atoms with Gasteiger partial charge in [0.1, 0.15) is 5.76 Å². The molecule has 0 aliphatic carbocycles. The topological polar surface area (TPSA) is 67.6 Å². The molecule has 1 amide bonds. The van der Waals surface area contributed by atoms with Gasteiger partial charge in [-0.25, -0.2) is 0 Å². The quantitative estimate of drug-likeness (QED) is 0.827. The van der Waals surface area contributed by atoms with Crippen LogP contribution in [0.4, 0.5) is 0 Å². The third-order valence-corrected chi connectivity index (χ3v) is 4.16. The Morgan fingerprint density at radius 2 is 2.22 bits per heavy atom. The lowest BCUT2D eigenvalue weighted by molar-refractivity contribution is -0.122. The number of aromatic nitrogens is 1. The van der Waals surface area contributed by atoms with Crippen LogP contribution in [-0.2, 0) is 16.0 Å². The summed E-state index contributed by atoms with van der Waals surface area (Å²) in [6.45, 7) is 12.5. The van der Waals surface area contributed by atoms with Crippen molar-refractivity contribution in [3.05, 3.63) is 17.0 Å². The van der Waals surface area contributed by atoms with Gasteiger partial charge in [-0.1, -0.05) is 19.0 Å². The highest BCUT2D eigenvalue weighted by atomic mass is 16.5. The number of morpholine rings is 1. The van der Waals surface area contributed by atoms with Crippen molar-refractivity contribution in [1.82, 2.24) is 15.4 Å². The van der Waals surface area contributed by atoms with E-state index in [2.05, 4.69) is 29.2 Å². The number of ether oxygens (including phenoxy) is 1. The molecule has 0 saturated carbocycles. The Morgan fingerprint density at radius 1 is 1.43 bits per heavy atom. The van der Waals surface area contributed by atoms with Crippen molar-refractivity contribution in [3.63, 3.8) is 0 Å². The van der Waals surface area contributed by atoms with E-state index in [0.29, 0.717) is 25.3 Å². The molecule has 0 spiro atoms. The van der Waals surface area contributed by atoms with Crippen LogP contribution in [0, 0.1) is 19.8 Å². The minimum Gasteiger partial charge on any atom is -0.374 e. The molecule has 0 radical (unpaired) electrons. The Hall–Kier alpha value is -1.40. The minimum atomic E-state index is 0.0505. The van der Waals surface area contributed by atoms with Gasteiger partial charge >= 0.3 is 0 Å². The smallest absolute Gasteiger partial charge is 0.220 e. The number of carbonyl (C=O) groups is 1. The standard InChI is InChI=1S/C17H29N3O3/c1-12(2)10-20-7-8-22-15(11-20)9-18-17(21)6-5-16-13(3)19-23-14(16)4/h12,15H,5-11H2,1-4H3,(H,18,21). The zero-order chi connectivity index (χ0) is 16.8. The fourth-order valence-corrected chi connectivity index (χ4v) is 3.00. The molecule has 1 aliphatic heterocycles. The van der Waals surface area contributed by atoms with Gasteiger partial charge in [-0.15, -0.1) is 0 Å². The van der Waals surface area contributed by atoms with Gasteiger partial charge in [-0.3, -0.25) is 9.69 Å². The summed E-state index contributed by atoms with van der Waals surface area (Å²) in [4.78, 5) is 14.4. The van der Waals surface area contributed by atoms with E-state index in [9.17, 15) is 4.79 Å². The Bertz CT molecular complexity index is 494. The minimum absolute atomic E-state index is 0.0505. The van der Waals surface area contributed by atoms with Gasteiger partial charge in [0.05, 0.1) is 18.4 Å². The molecule has 130 valence electrons. The number of nitrogens with zero attached hydrogens (tertiary/aromatic N) is 2. The molecular formula is C17H29N3O3. The maximum atomic E-state index is 12.0. The monoisotopic (exact) mass is 323 g/mol. The van der Waals surface area contributed by atoms with Crippen LogP contribution >= 0.6 is 0 Å². The molecule has 1 saturated heterocycles. The van der Waals surface area contributed by atoms with Crippen molar-refractivity contribution in [3.8, 4) is 0 Å². The average Bonchev–Trinajstić information content (AvgIpc) is 2.81. The lowest BCUT2D eigenvalue weighted by Crippen LogP contribution is -2.48. The van der Waals surface area contributed by atoms with E-state index in [0.717, 1.165) is 43.3 Å². The van der Waals surface area contributed by atoms with Crippen molar-refractivity contribution in [2.75, 3.05) is 32.8 Å². The van der Waals surface area contributed by atoms with E-state index in [1.165, 1.54) is 0 Å². The zero-order valence-electron chi connectivity index (χ0n) is 14.7. The van der Waals surface area contributed by atoms with Gasteiger partial charge in [0.15, 0.2) is 0 Å². The second-order valence-electron chi connectivity index (χ2n) is 6.75. The van der Waals surface area contributed by atoms with Crippen molar-refractivity contribution in [2.24, 2.45) is 5.92 Å². The summed E-state index contributed by atoms with van der Waals surface area (Å²) in [5, 5.41) is 6.90. The molecule has 0 aromatic carbocycles. The van der Waals surface area contributed by atoms with Gasteiger partial charge in [0.2, 0.25) is 5.91 Å². The fourth-order valence-electron chi connectivity index (χ4n) is 3.00. The Labute approximate surface area is 138 Å². The number of rotatable bonds is 7. The molecule has 6 nitrogen and oxygen atoms in total. The number of aryl methyl sites for hydroxylation is 2. The van der Waals surface area contributed by atoms with Crippen LogP contribution in [0.5, 0.6) is 0 Å². The van der Waals surface area contributed by atoms with Gasteiger partial charge in [-0.05, 0) is 26.2 Å². The third kappa shape index (κ3) is 5.62. The Morgan fingerprint density at radius 3 is 2.87 bits per heavy atom. The van der Waals surface area contributed by atoms with Crippen LogP contribution in [0.1, 0.15) is 37.3 Å². The SMILES string of the molecule is Cc1noc(C)c1CCC(=O)NCC1CN(CC(C)C)CCO1. The lowest BCUT2D eigenvalue weighted by atomic mass is 10.1. The number of nitrogens with one attached hydrogen (secondary N) is 1. The first-order valence-electron chi connectivity index (χ1n) is 8.48. The number of hydrogen-bond donors (Lipinski definition) is 1. The molecule has 1 aliphatic rings. The Balaban J connectivity index is 1.70. The molecule has 6 heteroatoms. The summed E-state index contributed by atoms with van der Waals surface area (Å²) in [5.41, 5.74) is 1.91. The highest BCUT2D eigenvalue weighted by Gasteiger charge is 2.21. The van der Waals surface area contributed by atoms with Gasteiger partial charge < -0.3 is 14.6 Å². The van der Waals surface area contributed by atoms with Crippen molar-refractivity contribution in [2.45, 2.75) is 46.6 Å². The molecule has 0 bridgehead atoms. The zero-order valence-corrected chi connectivity index (χ0v) is 14.7. The molecule has 1 N–H and O–H groups in total. The van der Waals surface area contributed by atoms with Crippen molar-refractivity contribution < 1.29 is 14.1 Å². The van der Waals surface area contributed by atoms with Gasteiger partial charge in [0.25, 0.3) is 0 Å². The number of amides is 1. The van der Waals surface area contributed by atoms with Crippen LogP contribution in [0.25, 0.3) is 0 Å².